The van der Waals surface area contributed by atoms with E-state index in [0.29, 0.717) is 19.8 Å². The second kappa shape index (κ2) is 10.1. The Bertz CT molecular complexity index is 756. The number of aromatic nitrogens is 1. The maximum atomic E-state index is 12.9. The monoisotopic (exact) mass is 438 g/mol. The molecule has 1 aromatic carbocycles. The van der Waals surface area contributed by atoms with E-state index in [9.17, 15) is 4.57 Å². The number of hydrogen-bond donors (Lipinski definition) is 0. The van der Waals surface area contributed by atoms with Crippen LogP contribution in [-0.2, 0) is 13.6 Å². The van der Waals surface area contributed by atoms with Crippen LogP contribution < -0.4 is 0 Å². The van der Waals surface area contributed by atoms with Gasteiger partial charge in [-0.15, -0.1) is 0 Å². The van der Waals surface area contributed by atoms with Gasteiger partial charge in [-0.25, -0.2) is 9.24 Å². The summed E-state index contributed by atoms with van der Waals surface area (Å²) in [7, 11) is -1.55. The molecule has 0 amide bonds. The summed E-state index contributed by atoms with van der Waals surface area (Å²) in [5, 5.41) is 0. The second-order valence-electron chi connectivity index (χ2n) is 5.51. The van der Waals surface area contributed by atoms with Gasteiger partial charge in [-0.1, -0.05) is 40.2 Å². The van der Waals surface area contributed by atoms with Crippen molar-refractivity contribution in [2.45, 2.75) is 13.8 Å². The van der Waals surface area contributed by atoms with Crippen LogP contribution in [0.25, 0.3) is 5.57 Å². The smallest absolute Gasteiger partial charge is 0.297 e. The molecule has 0 atom stereocenters. The Morgan fingerprint density at radius 3 is 2.35 bits per heavy atom. The van der Waals surface area contributed by atoms with E-state index < -0.39 is 7.75 Å². The van der Waals surface area contributed by atoms with Crippen molar-refractivity contribution in [1.82, 2.24) is 9.65 Å². The molecule has 5 nitrogen and oxygen atoms in total. The van der Waals surface area contributed by atoms with E-state index in [1.807, 2.05) is 48.7 Å². The molecule has 7 heteroatoms. The van der Waals surface area contributed by atoms with E-state index in [0.717, 1.165) is 21.2 Å². The van der Waals surface area contributed by atoms with Gasteiger partial charge in [-0.2, -0.15) is 0 Å². The van der Waals surface area contributed by atoms with Crippen LogP contribution >= 0.6 is 23.7 Å². The lowest BCUT2D eigenvalue weighted by Gasteiger charge is -2.25. The molecule has 0 N–H and O–H groups in total. The minimum Gasteiger partial charge on any atom is -0.297 e. The van der Waals surface area contributed by atoms with Crippen LogP contribution in [0.5, 0.6) is 0 Å². The average molecular weight is 439 g/mol. The molecule has 0 bridgehead atoms. The Morgan fingerprint density at radius 2 is 1.81 bits per heavy atom. The molecule has 0 saturated heterocycles. The largest absolute Gasteiger partial charge is 0.408 e. The van der Waals surface area contributed by atoms with Crippen molar-refractivity contribution in [3.63, 3.8) is 0 Å². The molecule has 0 aliphatic carbocycles. The maximum Gasteiger partial charge on any atom is 0.408 e. The maximum absolute atomic E-state index is 12.9. The SMILES string of the molecule is CCOP(=O)(OCC)N(C)C/C=C(/c1ccc(Br)cc1)c1cccnc1. The summed E-state index contributed by atoms with van der Waals surface area (Å²) in [6.07, 6.45) is 5.58. The first kappa shape index (κ1) is 21.0. The highest BCUT2D eigenvalue weighted by atomic mass is 79.9. The Kier molecular flexibility index (Phi) is 8.19. The number of halogens is 1. The molecule has 0 aliphatic heterocycles. The Balaban J connectivity index is 2.33. The second-order valence-corrected chi connectivity index (χ2v) is 8.56. The molecule has 1 aromatic heterocycles. The van der Waals surface area contributed by atoms with Crippen molar-refractivity contribution in [3.8, 4) is 0 Å². The molecule has 0 saturated carbocycles. The molecular formula is C19H24BrN2O3P. The number of pyridine rings is 1. The lowest BCUT2D eigenvalue weighted by Crippen LogP contribution is -2.19. The molecule has 26 heavy (non-hydrogen) atoms. The van der Waals surface area contributed by atoms with E-state index in [-0.39, 0.29) is 0 Å². The van der Waals surface area contributed by atoms with E-state index in [2.05, 4.69) is 20.9 Å². The fraction of sp³-hybridized carbons (Fsp3) is 0.316. The predicted molar refractivity (Wildman–Crippen MR) is 109 cm³/mol. The molecule has 2 aromatic rings. The van der Waals surface area contributed by atoms with Crippen LogP contribution in [0.1, 0.15) is 25.0 Å². The molecular weight excluding hydrogens is 415 g/mol. The van der Waals surface area contributed by atoms with Crippen molar-refractivity contribution in [2.24, 2.45) is 0 Å². The van der Waals surface area contributed by atoms with Gasteiger partial charge in [0.1, 0.15) is 0 Å². The number of hydrogen-bond acceptors (Lipinski definition) is 4. The molecule has 0 fully saturated rings. The fourth-order valence-electron chi connectivity index (χ4n) is 2.44. The molecule has 0 radical (unpaired) electrons. The Hall–Kier alpha value is -1.30. The number of benzene rings is 1. The highest BCUT2D eigenvalue weighted by Crippen LogP contribution is 2.50. The molecule has 0 spiro atoms. The highest BCUT2D eigenvalue weighted by Gasteiger charge is 2.29. The van der Waals surface area contributed by atoms with E-state index in [1.54, 1.807) is 31.8 Å². The summed E-state index contributed by atoms with van der Waals surface area (Å²) in [6.45, 7) is 4.68. The minimum atomic E-state index is -3.29. The van der Waals surface area contributed by atoms with E-state index in [1.165, 1.54) is 0 Å². The highest BCUT2D eigenvalue weighted by molar-refractivity contribution is 9.10. The minimum absolute atomic E-state index is 0.327. The third-order valence-corrected chi connectivity index (χ3v) is 6.39. The topological polar surface area (TPSA) is 51.7 Å². The quantitative estimate of drug-likeness (QED) is 0.491. The first-order valence-corrected chi connectivity index (χ1v) is 10.8. The van der Waals surface area contributed by atoms with Crippen molar-refractivity contribution < 1.29 is 13.6 Å². The summed E-state index contributed by atoms with van der Waals surface area (Å²) in [6, 6.07) is 12.0. The molecule has 0 aliphatic rings. The van der Waals surface area contributed by atoms with Crippen molar-refractivity contribution >= 4 is 29.2 Å². The van der Waals surface area contributed by atoms with Gasteiger partial charge >= 0.3 is 7.75 Å². The first-order valence-electron chi connectivity index (χ1n) is 8.47. The molecule has 2 rings (SSSR count). The van der Waals surface area contributed by atoms with Gasteiger partial charge in [-0.3, -0.25) is 14.0 Å². The molecule has 1 heterocycles. The van der Waals surface area contributed by atoms with Crippen LogP contribution in [0.2, 0.25) is 0 Å². The Morgan fingerprint density at radius 1 is 1.15 bits per heavy atom. The fourth-order valence-corrected chi connectivity index (χ4v) is 4.11. The molecule has 140 valence electrons. The van der Waals surface area contributed by atoms with Crippen LogP contribution in [0.4, 0.5) is 0 Å². The lowest BCUT2D eigenvalue weighted by molar-refractivity contribution is 0.180. The average Bonchev–Trinajstić information content (AvgIpc) is 2.64. The zero-order valence-corrected chi connectivity index (χ0v) is 17.7. The first-order chi connectivity index (χ1) is 12.5. The van der Waals surface area contributed by atoms with Gasteiger partial charge < -0.3 is 0 Å². The van der Waals surface area contributed by atoms with Gasteiger partial charge in [-0.05, 0) is 50.2 Å². The van der Waals surface area contributed by atoms with E-state index >= 15 is 0 Å². The van der Waals surface area contributed by atoms with Gasteiger partial charge in [0.15, 0.2) is 0 Å². The van der Waals surface area contributed by atoms with Gasteiger partial charge in [0.25, 0.3) is 0 Å². The summed E-state index contributed by atoms with van der Waals surface area (Å²) < 4.78 is 26.3. The van der Waals surface area contributed by atoms with Gasteiger partial charge in [0.2, 0.25) is 0 Å². The zero-order chi connectivity index (χ0) is 19.0. The summed E-state index contributed by atoms with van der Waals surface area (Å²) in [5.74, 6) is 0. The summed E-state index contributed by atoms with van der Waals surface area (Å²) >= 11 is 3.46. The number of nitrogens with zero attached hydrogens (tertiary/aromatic N) is 2. The van der Waals surface area contributed by atoms with Crippen LogP contribution in [0, 0.1) is 0 Å². The van der Waals surface area contributed by atoms with Crippen LogP contribution in [0.15, 0.2) is 59.3 Å². The number of likely N-dealkylation sites (N-methyl/N-ethyl adjacent to an activating group) is 1. The Labute approximate surface area is 163 Å². The third-order valence-electron chi connectivity index (χ3n) is 3.69. The zero-order valence-electron chi connectivity index (χ0n) is 15.3. The lowest BCUT2D eigenvalue weighted by atomic mass is 9.99. The standard InChI is InChI=1S/C19H24BrN2O3P/c1-4-24-26(23,25-5-2)22(3)14-12-19(17-7-6-13-21-15-17)16-8-10-18(20)11-9-16/h6-13,15H,4-5,14H2,1-3H3/b19-12-. The van der Waals surface area contributed by atoms with Crippen LogP contribution in [-0.4, -0.2) is 36.5 Å². The third kappa shape index (κ3) is 5.60. The van der Waals surface area contributed by atoms with Crippen molar-refractivity contribution in [2.75, 3.05) is 26.8 Å². The van der Waals surface area contributed by atoms with Crippen molar-refractivity contribution in [1.29, 1.82) is 0 Å². The van der Waals surface area contributed by atoms with Gasteiger partial charge in [0, 0.05) is 29.0 Å². The number of rotatable bonds is 9. The predicted octanol–water partition coefficient (Wildman–Crippen LogP) is 5.39. The van der Waals surface area contributed by atoms with E-state index in [4.69, 9.17) is 9.05 Å². The molecule has 0 unspecified atom stereocenters. The summed E-state index contributed by atoms with van der Waals surface area (Å²) in [5.41, 5.74) is 3.06. The van der Waals surface area contributed by atoms with Crippen molar-refractivity contribution in [3.05, 3.63) is 70.5 Å². The van der Waals surface area contributed by atoms with Gasteiger partial charge in [0.05, 0.1) is 13.2 Å². The van der Waals surface area contributed by atoms with Crippen LogP contribution in [0.3, 0.4) is 0 Å². The summed E-state index contributed by atoms with van der Waals surface area (Å²) in [4.78, 5) is 4.22. The normalized spacial score (nSPS) is 12.6.